The average Bonchev–Trinajstić information content (AvgIpc) is 2.95. The van der Waals surface area contributed by atoms with E-state index in [1.807, 2.05) is 18.3 Å². The van der Waals surface area contributed by atoms with Crippen molar-refractivity contribution >= 4 is 28.9 Å². The highest BCUT2D eigenvalue weighted by atomic mass is 35.5. The fourth-order valence-corrected chi connectivity index (χ4v) is 3.00. The van der Waals surface area contributed by atoms with Crippen molar-refractivity contribution in [3.8, 4) is 0 Å². The number of hydrogen-bond acceptors (Lipinski definition) is 3. The summed E-state index contributed by atoms with van der Waals surface area (Å²) in [5.74, 6) is 0.856. The maximum Gasteiger partial charge on any atom is 0.191 e. The first-order valence-electron chi connectivity index (χ1n) is 7.85. The van der Waals surface area contributed by atoms with Crippen molar-refractivity contribution in [2.24, 2.45) is 4.99 Å². The van der Waals surface area contributed by atoms with Gasteiger partial charge in [0, 0.05) is 42.2 Å². The van der Waals surface area contributed by atoms with E-state index in [2.05, 4.69) is 46.6 Å². The maximum absolute atomic E-state index is 5.90. The van der Waals surface area contributed by atoms with Crippen LogP contribution in [0, 0.1) is 6.92 Å². The molecule has 0 amide bonds. The number of aromatic nitrogens is 1. The van der Waals surface area contributed by atoms with Gasteiger partial charge in [0.15, 0.2) is 5.96 Å². The van der Waals surface area contributed by atoms with Gasteiger partial charge in [0.2, 0.25) is 0 Å². The molecule has 0 bridgehead atoms. The molecule has 0 saturated heterocycles. The second kappa shape index (κ2) is 9.53. The molecule has 2 aromatic rings. The molecule has 4 nitrogen and oxygen atoms in total. The van der Waals surface area contributed by atoms with Crippen molar-refractivity contribution in [1.29, 1.82) is 0 Å². The van der Waals surface area contributed by atoms with Crippen molar-refractivity contribution in [3.63, 3.8) is 0 Å². The van der Waals surface area contributed by atoms with Gasteiger partial charge in [-0.15, -0.1) is 11.3 Å². The topological polar surface area (TPSA) is 49.3 Å². The maximum atomic E-state index is 5.90. The van der Waals surface area contributed by atoms with E-state index in [1.54, 1.807) is 11.3 Å². The Balaban J connectivity index is 1.77. The number of benzene rings is 1. The monoisotopic (exact) mass is 350 g/mol. The smallest absolute Gasteiger partial charge is 0.191 e. The molecule has 0 aliphatic carbocycles. The van der Waals surface area contributed by atoms with Crippen LogP contribution in [-0.2, 0) is 12.8 Å². The van der Waals surface area contributed by atoms with Crippen LogP contribution in [0.5, 0.6) is 0 Å². The standard InChI is InChI=1S/C17H23ClN4S/c1-3-19-17(21-11-9-16-22-12-13(2)23-16)20-10-8-14-4-6-15(18)7-5-14/h4-7,12H,3,8-11H2,1-2H3,(H2,19,20,21). The van der Waals surface area contributed by atoms with Crippen molar-refractivity contribution in [3.05, 3.63) is 50.9 Å². The number of halogens is 1. The van der Waals surface area contributed by atoms with E-state index in [0.717, 1.165) is 48.5 Å². The van der Waals surface area contributed by atoms with Crippen LogP contribution in [0.4, 0.5) is 0 Å². The quantitative estimate of drug-likeness (QED) is 0.594. The molecule has 2 N–H and O–H groups in total. The molecule has 0 spiro atoms. The Labute approximate surface area is 147 Å². The van der Waals surface area contributed by atoms with E-state index >= 15 is 0 Å². The van der Waals surface area contributed by atoms with Gasteiger partial charge in [-0.1, -0.05) is 23.7 Å². The minimum atomic E-state index is 0.739. The Kier molecular flexibility index (Phi) is 7.36. The zero-order valence-corrected chi connectivity index (χ0v) is 15.2. The Bertz CT molecular complexity index is 622. The molecule has 0 saturated carbocycles. The molecule has 23 heavy (non-hydrogen) atoms. The second-order valence-corrected chi connectivity index (χ2v) is 6.93. The minimum Gasteiger partial charge on any atom is -0.357 e. The molecular weight excluding hydrogens is 328 g/mol. The summed E-state index contributed by atoms with van der Waals surface area (Å²) >= 11 is 7.63. The van der Waals surface area contributed by atoms with Crippen LogP contribution in [0.3, 0.4) is 0 Å². The van der Waals surface area contributed by atoms with Gasteiger partial charge in [0.1, 0.15) is 0 Å². The largest absolute Gasteiger partial charge is 0.357 e. The zero-order chi connectivity index (χ0) is 16.5. The van der Waals surface area contributed by atoms with Crippen LogP contribution in [0.1, 0.15) is 22.4 Å². The third-order valence-corrected chi connectivity index (χ3v) is 4.45. The lowest BCUT2D eigenvalue weighted by molar-refractivity contribution is 0.796. The summed E-state index contributed by atoms with van der Waals surface area (Å²) in [5.41, 5.74) is 1.26. The Morgan fingerprint density at radius 2 is 2.00 bits per heavy atom. The van der Waals surface area contributed by atoms with Crippen LogP contribution in [-0.4, -0.2) is 30.6 Å². The third-order valence-electron chi connectivity index (χ3n) is 3.23. The first-order chi connectivity index (χ1) is 11.2. The second-order valence-electron chi connectivity index (χ2n) is 5.18. The molecule has 0 atom stereocenters. The Hall–Kier alpha value is -1.59. The van der Waals surface area contributed by atoms with Gasteiger partial charge in [-0.05, 0) is 38.0 Å². The summed E-state index contributed by atoms with van der Waals surface area (Å²) in [6.45, 7) is 6.57. The fraction of sp³-hybridized carbons (Fsp3) is 0.412. The molecular formula is C17H23ClN4S. The zero-order valence-electron chi connectivity index (χ0n) is 13.6. The molecule has 0 aliphatic rings. The molecule has 0 unspecified atom stereocenters. The van der Waals surface area contributed by atoms with E-state index in [9.17, 15) is 0 Å². The van der Waals surface area contributed by atoms with Gasteiger partial charge < -0.3 is 10.6 Å². The molecule has 2 rings (SSSR count). The van der Waals surface area contributed by atoms with Crippen LogP contribution in [0.15, 0.2) is 35.5 Å². The van der Waals surface area contributed by atoms with Gasteiger partial charge in [-0.3, -0.25) is 4.99 Å². The SMILES string of the molecule is CCNC(=NCCc1ncc(C)s1)NCCc1ccc(Cl)cc1. The van der Waals surface area contributed by atoms with Gasteiger partial charge in [-0.2, -0.15) is 0 Å². The molecule has 1 heterocycles. The van der Waals surface area contributed by atoms with Gasteiger partial charge >= 0.3 is 0 Å². The van der Waals surface area contributed by atoms with E-state index in [-0.39, 0.29) is 0 Å². The number of aliphatic imine (C=N–C) groups is 1. The number of rotatable bonds is 7. The summed E-state index contributed by atoms with van der Waals surface area (Å²) in [4.78, 5) is 10.2. The summed E-state index contributed by atoms with van der Waals surface area (Å²) < 4.78 is 0. The van der Waals surface area contributed by atoms with Crippen molar-refractivity contribution in [2.45, 2.75) is 26.7 Å². The van der Waals surface area contributed by atoms with E-state index in [1.165, 1.54) is 10.4 Å². The fourth-order valence-electron chi connectivity index (χ4n) is 2.10. The molecule has 1 aromatic carbocycles. The number of aryl methyl sites for hydroxylation is 1. The van der Waals surface area contributed by atoms with Gasteiger partial charge in [-0.25, -0.2) is 4.98 Å². The van der Waals surface area contributed by atoms with E-state index in [0.29, 0.717) is 0 Å². The predicted octanol–water partition coefficient (Wildman–Crippen LogP) is 3.45. The normalized spacial score (nSPS) is 11.5. The van der Waals surface area contributed by atoms with Gasteiger partial charge in [0.25, 0.3) is 0 Å². The van der Waals surface area contributed by atoms with E-state index in [4.69, 9.17) is 11.6 Å². The first kappa shape index (κ1) is 17.8. The van der Waals surface area contributed by atoms with Crippen molar-refractivity contribution < 1.29 is 0 Å². The predicted molar refractivity (Wildman–Crippen MR) is 99.7 cm³/mol. The highest BCUT2D eigenvalue weighted by molar-refractivity contribution is 7.11. The van der Waals surface area contributed by atoms with Crippen LogP contribution < -0.4 is 10.6 Å². The molecule has 0 radical (unpaired) electrons. The molecule has 1 aromatic heterocycles. The Morgan fingerprint density at radius 3 is 2.65 bits per heavy atom. The average molecular weight is 351 g/mol. The highest BCUT2D eigenvalue weighted by Crippen LogP contribution is 2.11. The number of thiazole rings is 1. The highest BCUT2D eigenvalue weighted by Gasteiger charge is 2.00. The summed E-state index contributed by atoms with van der Waals surface area (Å²) in [7, 11) is 0. The number of nitrogens with zero attached hydrogens (tertiary/aromatic N) is 2. The van der Waals surface area contributed by atoms with Crippen molar-refractivity contribution in [1.82, 2.24) is 15.6 Å². The van der Waals surface area contributed by atoms with Gasteiger partial charge in [0.05, 0.1) is 5.01 Å². The Morgan fingerprint density at radius 1 is 1.22 bits per heavy atom. The lowest BCUT2D eigenvalue weighted by atomic mass is 10.1. The van der Waals surface area contributed by atoms with Crippen LogP contribution >= 0.6 is 22.9 Å². The molecule has 124 valence electrons. The van der Waals surface area contributed by atoms with Crippen LogP contribution in [0.2, 0.25) is 5.02 Å². The minimum absolute atomic E-state index is 0.739. The van der Waals surface area contributed by atoms with Crippen molar-refractivity contribution in [2.75, 3.05) is 19.6 Å². The third kappa shape index (κ3) is 6.59. The molecule has 0 aliphatic heterocycles. The lowest BCUT2D eigenvalue weighted by Gasteiger charge is -2.11. The summed E-state index contributed by atoms with van der Waals surface area (Å²) in [5, 5.41) is 8.55. The lowest BCUT2D eigenvalue weighted by Crippen LogP contribution is -2.38. The van der Waals surface area contributed by atoms with Crippen LogP contribution in [0.25, 0.3) is 0 Å². The summed E-state index contributed by atoms with van der Waals surface area (Å²) in [6.07, 6.45) is 3.73. The number of nitrogens with one attached hydrogen (secondary N) is 2. The molecule has 6 heteroatoms. The molecule has 0 fully saturated rings. The number of guanidine groups is 1. The number of hydrogen-bond donors (Lipinski definition) is 2. The first-order valence-corrected chi connectivity index (χ1v) is 9.04. The van der Waals surface area contributed by atoms with E-state index < -0.39 is 0 Å². The summed E-state index contributed by atoms with van der Waals surface area (Å²) in [6, 6.07) is 7.95.